The van der Waals surface area contributed by atoms with E-state index in [1.807, 2.05) is 6.92 Å². The quantitative estimate of drug-likeness (QED) is 0.709. The maximum absolute atomic E-state index is 5.64. The van der Waals surface area contributed by atoms with Crippen molar-refractivity contribution >= 4 is 16.8 Å². The number of aromatic nitrogens is 2. The highest BCUT2D eigenvalue weighted by molar-refractivity contribution is 8.14. The van der Waals surface area contributed by atoms with Crippen LogP contribution >= 0.6 is 11.8 Å². The summed E-state index contributed by atoms with van der Waals surface area (Å²) in [5.74, 6) is 0.838. The number of hydrogen-bond acceptors (Lipinski definition) is 5. The van der Waals surface area contributed by atoms with E-state index in [0.717, 1.165) is 22.2 Å². The molecule has 1 aromatic heterocycles. The van der Waals surface area contributed by atoms with Gasteiger partial charge in [-0.3, -0.25) is 15.0 Å². The van der Waals surface area contributed by atoms with E-state index < -0.39 is 0 Å². The maximum atomic E-state index is 5.64. The van der Waals surface area contributed by atoms with Crippen molar-refractivity contribution in [1.82, 2.24) is 9.97 Å². The molecule has 0 saturated heterocycles. The van der Waals surface area contributed by atoms with E-state index in [4.69, 9.17) is 5.73 Å². The van der Waals surface area contributed by atoms with Crippen LogP contribution in [0.2, 0.25) is 0 Å². The highest BCUT2D eigenvalue weighted by atomic mass is 32.2. The van der Waals surface area contributed by atoms with E-state index in [-0.39, 0.29) is 6.17 Å². The molecule has 0 aliphatic carbocycles. The lowest BCUT2D eigenvalue weighted by molar-refractivity contribution is 0.819. The standard InChI is InChI=1S/C8H10N4S/c1-5-2-11-6(3-10-5)8-12-7(9)4-13-8/h2-3,7H,4,9H2,1H3. The molecule has 0 amide bonds. The van der Waals surface area contributed by atoms with Gasteiger partial charge in [-0.25, -0.2) is 0 Å². The van der Waals surface area contributed by atoms with Crippen LogP contribution in [0.4, 0.5) is 0 Å². The average molecular weight is 194 g/mol. The number of nitrogens with two attached hydrogens (primary N) is 1. The fourth-order valence-corrected chi connectivity index (χ4v) is 1.90. The fraction of sp³-hybridized carbons (Fsp3) is 0.375. The van der Waals surface area contributed by atoms with Gasteiger partial charge in [-0.05, 0) is 6.92 Å². The second-order valence-electron chi connectivity index (χ2n) is 2.86. The van der Waals surface area contributed by atoms with Crippen LogP contribution in [0.5, 0.6) is 0 Å². The van der Waals surface area contributed by atoms with Gasteiger partial charge in [-0.1, -0.05) is 0 Å². The molecule has 1 aliphatic heterocycles. The van der Waals surface area contributed by atoms with Crippen molar-refractivity contribution in [3.8, 4) is 0 Å². The molecule has 2 heterocycles. The lowest BCUT2D eigenvalue weighted by atomic mass is 10.4. The summed E-state index contributed by atoms with van der Waals surface area (Å²) in [6.45, 7) is 1.91. The van der Waals surface area contributed by atoms with Gasteiger partial charge >= 0.3 is 0 Å². The molecule has 13 heavy (non-hydrogen) atoms. The number of rotatable bonds is 1. The number of aliphatic imine (C=N–C) groups is 1. The average Bonchev–Trinajstić information content (AvgIpc) is 2.53. The molecule has 0 fully saturated rings. The Labute approximate surface area is 80.7 Å². The number of aryl methyl sites for hydroxylation is 1. The maximum Gasteiger partial charge on any atom is 0.120 e. The molecule has 4 nitrogen and oxygen atoms in total. The van der Waals surface area contributed by atoms with Gasteiger partial charge in [-0.2, -0.15) is 0 Å². The first-order valence-electron chi connectivity index (χ1n) is 4.01. The van der Waals surface area contributed by atoms with Crippen molar-refractivity contribution in [3.63, 3.8) is 0 Å². The zero-order valence-corrected chi connectivity index (χ0v) is 8.08. The van der Waals surface area contributed by atoms with Crippen LogP contribution in [-0.2, 0) is 0 Å². The second-order valence-corrected chi connectivity index (χ2v) is 3.86. The molecular weight excluding hydrogens is 184 g/mol. The van der Waals surface area contributed by atoms with Gasteiger partial charge in [0.15, 0.2) is 0 Å². The van der Waals surface area contributed by atoms with E-state index in [1.54, 1.807) is 24.2 Å². The summed E-state index contributed by atoms with van der Waals surface area (Å²) in [5.41, 5.74) is 7.37. The Balaban J connectivity index is 2.26. The molecule has 1 atom stereocenters. The van der Waals surface area contributed by atoms with Crippen molar-refractivity contribution in [3.05, 3.63) is 23.8 Å². The van der Waals surface area contributed by atoms with Gasteiger partial charge in [0.05, 0.1) is 11.9 Å². The van der Waals surface area contributed by atoms with Crippen LogP contribution in [0.1, 0.15) is 11.4 Å². The van der Waals surface area contributed by atoms with Gasteiger partial charge in [0.2, 0.25) is 0 Å². The highest BCUT2D eigenvalue weighted by Gasteiger charge is 2.16. The van der Waals surface area contributed by atoms with Crippen molar-refractivity contribution in [2.24, 2.45) is 10.7 Å². The van der Waals surface area contributed by atoms with Crippen molar-refractivity contribution in [2.75, 3.05) is 5.75 Å². The summed E-state index contributed by atoms with van der Waals surface area (Å²) >= 11 is 1.63. The van der Waals surface area contributed by atoms with Crippen LogP contribution < -0.4 is 5.73 Å². The third-order valence-corrected chi connectivity index (χ3v) is 2.77. The molecule has 1 unspecified atom stereocenters. The highest BCUT2D eigenvalue weighted by Crippen LogP contribution is 2.19. The Morgan fingerprint density at radius 3 is 2.85 bits per heavy atom. The van der Waals surface area contributed by atoms with Crippen LogP contribution in [0.25, 0.3) is 0 Å². The van der Waals surface area contributed by atoms with E-state index in [1.165, 1.54) is 0 Å². The first-order valence-corrected chi connectivity index (χ1v) is 4.99. The predicted octanol–water partition coefficient (Wildman–Crippen LogP) is 0.563. The van der Waals surface area contributed by atoms with Crippen molar-refractivity contribution in [1.29, 1.82) is 0 Å². The smallest absolute Gasteiger partial charge is 0.120 e. The lowest BCUT2D eigenvalue weighted by Crippen LogP contribution is -2.15. The summed E-state index contributed by atoms with van der Waals surface area (Å²) in [6.07, 6.45) is 3.39. The number of hydrogen-bond donors (Lipinski definition) is 1. The van der Waals surface area contributed by atoms with Gasteiger partial charge in [0.25, 0.3) is 0 Å². The Morgan fingerprint density at radius 1 is 1.46 bits per heavy atom. The first-order chi connectivity index (χ1) is 6.25. The van der Waals surface area contributed by atoms with Crippen molar-refractivity contribution < 1.29 is 0 Å². The third-order valence-electron chi connectivity index (χ3n) is 1.67. The Bertz CT molecular complexity index is 333. The minimum Gasteiger partial charge on any atom is -0.309 e. The third kappa shape index (κ3) is 1.87. The van der Waals surface area contributed by atoms with Crippen LogP contribution in [0, 0.1) is 6.92 Å². The zero-order chi connectivity index (χ0) is 9.26. The molecular formula is C8H10N4S. The minimum absolute atomic E-state index is 0.0805. The molecule has 1 aromatic rings. The van der Waals surface area contributed by atoms with Gasteiger partial charge in [0, 0.05) is 11.9 Å². The lowest BCUT2D eigenvalue weighted by Gasteiger charge is -1.97. The van der Waals surface area contributed by atoms with E-state index >= 15 is 0 Å². The number of thioether (sulfide) groups is 1. The zero-order valence-electron chi connectivity index (χ0n) is 7.27. The molecule has 0 spiro atoms. The summed E-state index contributed by atoms with van der Waals surface area (Å²) in [4.78, 5) is 12.6. The van der Waals surface area contributed by atoms with Gasteiger partial charge < -0.3 is 5.73 Å². The molecule has 0 aromatic carbocycles. The normalized spacial score (nSPS) is 21.7. The first kappa shape index (κ1) is 8.65. The summed E-state index contributed by atoms with van der Waals surface area (Å²) < 4.78 is 0. The molecule has 1 aliphatic rings. The topological polar surface area (TPSA) is 64.2 Å². The van der Waals surface area contributed by atoms with Crippen LogP contribution in [0.15, 0.2) is 17.4 Å². The van der Waals surface area contributed by atoms with E-state index in [2.05, 4.69) is 15.0 Å². The van der Waals surface area contributed by atoms with E-state index in [9.17, 15) is 0 Å². The number of nitrogens with zero attached hydrogens (tertiary/aromatic N) is 3. The summed E-state index contributed by atoms with van der Waals surface area (Å²) in [6, 6.07) is 0. The molecule has 68 valence electrons. The summed E-state index contributed by atoms with van der Waals surface area (Å²) in [7, 11) is 0. The molecule has 5 heteroatoms. The predicted molar refractivity (Wildman–Crippen MR) is 53.7 cm³/mol. The van der Waals surface area contributed by atoms with Crippen LogP contribution in [0.3, 0.4) is 0 Å². The van der Waals surface area contributed by atoms with Gasteiger partial charge in [-0.15, -0.1) is 11.8 Å². The summed E-state index contributed by atoms with van der Waals surface area (Å²) in [5, 5.41) is 0.903. The minimum atomic E-state index is -0.0805. The second kappa shape index (κ2) is 3.43. The molecule has 0 bridgehead atoms. The monoisotopic (exact) mass is 194 g/mol. The van der Waals surface area contributed by atoms with Gasteiger partial charge in [0.1, 0.15) is 16.9 Å². The SMILES string of the molecule is Cc1cnc(C2=NC(N)CS2)cn1. The fourth-order valence-electron chi connectivity index (χ4n) is 1.03. The molecule has 0 saturated carbocycles. The largest absolute Gasteiger partial charge is 0.309 e. The Hall–Kier alpha value is -0.940. The van der Waals surface area contributed by atoms with Crippen molar-refractivity contribution in [2.45, 2.75) is 13.1 Å². The Kier molecular flexibility index (Phi) is 2.28. The Morgan fingerprint density at radius 2 is 2.31 bits per heavy atom. The molecule has 0 radical (unpaired) electrons. The molecule has 2 N–H and O–H groups in total. The van der Waals surface area contributed by atoms with E-state index in [0.29, 0.717) is 0 Å². The molecule has 2 rings (SSSR count). The van der Waals surface area contributed by atoms with Crippen LogP contribution in [-0.4, -0.2) is 26.9 Å².